The first-order valence-electron chi connectivity index (χ1n) is 10.6. The molecule has 1 N–H and O–H groups in total. The second-order valence-electron chi connectivity index (χ2n) is 9.93. The maximum atomic E-state index is 13.0. The molecule has 4 rings (SSSR count). The number of phenolic OH excluding ortho intramolecular Hbond substituents is 1. The number of anilines is 1. The molecule has 0 aromatic heterocycles. The molecule has 162 valence electrons. The van der Waals surface area contributed by atoms with Crippen molar-refractivity contribution in [3.05, 3.63) is 58.7 Å². The van der Waals surface area contributed by atoms with Crippen molar-refractivity contribution >= 4 is 34.8 Å². The summed E-state index contributed by atoms with van der Waals surface area (Å²) in [5.41, 5.74) is 4.95. The summed E-state index contributed by atoms with van der Waals surface area (Å²) < 4.78 is 0. The molecule has 2 aliphatic rings. The van der Waals surface area contributed by atoms with Gasteiger partial charge in [-0.3, -0.25) is 14.5 Å². The summed E-state index contributed by atoms with van der Waals surface area (Å²) >= 11 is 5.60. The van der Waals surface area contributed by atoms with Gasteiger partial charge in [-0.15, -0.1) is 0 Å². The van der Waals surface area contributed by atoms with E-state index in [9.17, 15) is 14.7 Å². The predicted molar refractivity (Wildman–Crippen MR) is 125 cm³/mol. The van der Waals surface area contributed by atoms with Crippen molar-refractivity contribution in [3.63, 3.8) is 0 Å². The molecule has 2 amide bonds. The van der Waals surface area contributed by atoms with Gasteiger partial charge in [0.2, 0.25) is 0 Å². The minimum atomic E-state index is -0.630. The molecule has 5 nitrogen and oxygen atoms in total. The maximum absolute atomic E-state index is 13.0. The normalized spacial score (nSPS) is 19.7. The van der Waals surface area contributed by atoms with Crippen LogP contribution < -0.4 is 4.90 Å². The maximum Gasteiger partial charge on any atom is 0.323 e. The first kappa shape index (κ1) is 21.5. The van der Waals surface area contributed by atoms with Crippen LogP contribution in [0, 0.1) is 6.92 Å². The fraction of sp³-hybridized carbons (Fsp3) is 0.400. The monoisotopic (exact) mass is 436 g/mol. The second-order valence-corrected chi connectivity index (χ2v) is 10.3. The summed E-state index contributed by atoms with van der Waals surface area (Å²) in [6.07, 6.45) is 2.16. The molecular weight excluding hydrogens is 408 g/mol. The smallest absolute Gasteiger partial charge is 0.323 e. The summed E-state index contributed by atoms with van der Waals surface area (Å²) in [6.45, 7) is 11.1. The van der Waals surface area contributed by atoms with Crippen LogP contribution in [0.2, 0.25) is 0 Å². The first-order chi connectivity index (χ1) is 14.4. The van der Waals surface area contributed by atoms with Crippen LogP contribution in [-0.4, -0.2) is 26.9 Å². The Hall–Kier alpha value is -2.73. The van der Waals surface area contributed by atoms with E-state index in [0.29, 0.717) is 5.69 Å². The van der Waals surface area contributed by atoms with Gasteiger partial charge in [0.05, 0.1) is 12.2 Å². The number of fused-ring (bicyclic) bond motifs is 1. The number of carbonyl (C=O) groups is 2. The van der Waals surface area contributed by atoms with Crippen molar-refractivity contribution in [1.29, 1.82) is 0 Å². The molecule has 31 heavy (non-hydrogen) atoms. The Balaban J connectivity index is 1.74. The highest BCUT2D eigenvalue weighted by atomic mass is 32.1. The number of benzene rings is 2. The lowest BCUT2D eigenvalue weighted by Gasteiger charge is -2.42. The quantitative estimate of drug-likeness (QED) is 0.559. The third kappa shape index (κ3) is 3.53. The molecule has 0 atom stereocenters. The van der Waals surface area contributed by atoms with Crippen LogP contribution in [0.5, 0.6) is 5.75 Å². The van der Waals surface area contributed by atoms with E-state index in [1.165, 1.54) is 20.9 Å². The lowest BCUT2D eigenvalue weighted by atomic mass is 9.63. The molecule has 6 heteroatoms. The van der Waals surface area contributed by atoms with Gasteiger partial charge >= 0.3 is 11.8 Å². The van der Waals surface area contributed by atoms with Crippen LogP contribution >= 0.6 is 12.2 Å². The molecule has 0 saturated carbocycles. The molecule has 0 bridgehead atoms. The Morgan fingerprint density at radius 3 is 2.06 bits per heavy atom. The SMILES string of the molecule is Cc1cc2c(cc1N1C(=O)C(=O)N(Cc3ccc(O)cc3)C1=S)C(C)(C)CCC2(C)C. The zero-order chi connectivity index (χ0) is 22.7. The highest BCUT2D eigenvalue weighted by Crippen LogP contribution is 2.48. The fourth-order valence-corrected chi connectivity index (χ4v) is 4.92. The Labute approximate surface area is 188 Å². The number of aromatic hydroxyl groups is 1. The van der Waals surface area contributed by atoms with Gasteiger partial charge in [0.25, 0.3) is 0 Å². The van der Waals surface area contributed by atoms with E-state index in [1.807, 2.05) is 6.92 Å². The van der Waals surface area contributed by atoms with E-state index in [0.717, 1.165) is 24.0 Å². The molecule has 2 aromatic rings. The molecule has 1 saturated heterocycles. The third-order valence-electron chi connectivity index (χ3n) is 6.74. The Kier molecular flexibility index (Phi) is 4.97. The second kappa shape index (κ2) is 7.16. The van der Waals surface area contributed by atoms with Gasteiger partial charge in [0.15, 0.2) is 5.11 Å². The van der Waals surface area contributed by atoms with Crippen molar-refractivity contribution in [2.24, 2.45) is 0 Å². The number of rotatable bonds is 3. The zero-order valence-electron chi connectivity index (χ0n) is 18.7. The summed E-state index contributed by atoms with van der Waals surface area (Å²) in [7, 11) is 0. The third-order valence-corrected chi connectivity index (χ3v) is 7.14. The minimum Gasteiger partial charge on any atom is -0.508 e. The molecule has 1 heterocycles. The van der Waals surface area contributed by atoms with E-state index in [4.69, 9.17) is 12.2 Å². The number of hydrogen-bond acceptors (Lipinski definition) is 4. The molecule has 2 aromatic carbocycles. The van der Waals surface area contributed by atoms with E-state index in [-0.39, 0.29) is 28.2 Å². The number of amides is 2. The van der Waals surface area contributed by atoms with Gasteiger partial charge in [0, 0.05) is 0 Å². The lowest BCUT2D eigenvalue weighted by Crippen LogP contribution is -2.36. The van der Waals surface area contributed by atoms with Crippen LogP contribution in [0.1, 0.15) is 62.8 Å². The largest absolute Gasteiger partial charge is 0.508 e. The van der Waals surface area contributed by atoms with Crippen molar-refractivity contribution in [1.82, 2.24) is 4.90 Å². The Morgan fingerprint density at radius 2 is 1.48 bits per heavy atom. The molecule has 1 aliphatic carbocycles. The molecule has 0 radical (unpaired) electrons. The van der Waals surface area contributed by atoms with Crippen molar-refractivity contribution in [2.45, 2.75) is 64.8 Å². The van der Waals surface area contributed by atoms with Crippen molar-refractivity contribution in [2.75, 3.05) is 4.90 Å². The molecule has 0 spiro atoms. The minimum absolute atomic E-state index is 0.0204. The molecule has 0 unspecified atom stereocenters. The molecule has 1 fully saturated rings. The van der Waals surface area contributed by atoms with Gasteiger partial charge in [-0.05, 0) is 83.3 Å². The van der Waals surface area contributed by atoms with Crippen LogP contribution in [0.3, 0.4) is 0 Å². The van der Waals surface area contributed by atoms with Crippen LogP contribution in [0.25, 0.3) is 0 Å². The highest BCUT2D eigenvalue weighted by molar-refractivity contribution is 7.80. The number of hydrogen-bond donors (Lipinski definition) is 1. The number of aryl methyl sites for hydroxylation is 1. The zero-order valence-corrected chi connectivity index (χ0v) is 19.5. The topological polar surface area (TPSA) is 60.9 Å². The van der Waals surface area contributed by atoms with Crippen molar-refractivity contribution in [3.8, 4) is 5.75 Å². The van der Waals surface area contributed by atoms with Gasteiger partial charge in [-0.25, -0.2) is 4.90 Å². The van der Waals surface area contributed by atoms with E-state index in [1.54, 1.807) is 24.3 Å². The average Bonchev–Trinajstić information content (AvgIpc) is 2.90. The number of phenols is 1. The highest BCUT2D eigenvalue weighted by Gasteiger charge is 2.44. The summed E-state index contributed by atoms with van der Waals surface area (Å²) in [4.78, 5) is 28.5. The summed E-state index contributed by atoms with van der Waals surface area (Å²) in [5.74, 6) is -1.11. The predicted octanol–water partition coefficient (Wildman–Crippen LogP) is 4.71. The summed E-state index contributed by atoms with van der Waals surface area (Å²) in [5, 5.41) is 9.69. The van der Waals surface area contributed by atoms with Crippen molar-refractivity contribution < 1.29 is 14.7 Å². The van der Waals surface area contributed by atoms with E-state index >= 15 is 0 Å². The number of carbonyl (C=O) groups excluding carboxylic acids is 2. The fourth-order valence-electron chi connectivity index (χ4n) is 4.59. The van der Waals surface area contributed by atoms with Crippen LogP contribution in [-0.2, 0) is 27.0 Å². The average molecular weight is 437 g/mol. The van der Waals surface area contributed by atoms with E-state index in [2.05, 4.69) is 39.8 Å². The summed E-state index contributed by atoms with van der Waals surface area (Å²) in [6, 6.07) is 10.8. The lowest BCUT2D eigenvalue weighted by molar-refractivity contribution is -0.139. The number of nitrogens with zero attached hydrogens (tertiary/aromatic N) is 2. The van der Waals surface area contributed by atoms with Gasteiger partial charge < -0.3 is 5.11 Å². The number of thiocarbonyl (C=S) groups is 1. The van der Waals surface area contributed by atoms with E-state index < -0.39 is 11.8 Å². The van der Waals surface area contributed by atoms with Crippen LogP contribution in [0.4, 0.5) is 5.69 Å². The van der Waals surface area contributed by atoms with Gasteiger partial charge in [-0.1, -0.05) is 45.9 Å². The van der Waals surface area contributed by atoms with Gasteiger partial charge in [-0.2, -0.15) is 0 Å². The first-order valence-corrected chi connectivity index (χ1v) is 11.0. The van der Waals surface area contributed by atoms with Gasteiger partial charge in [0.1, 0.15) is 5.75 Å². The van der Waals surface area contributed by atoms with Crippen LogP contribution in [0.15, 0.2) is 36.4 Å². The standard InChI is InChI=1S/C25H28N2O3S/c1-15-12-18-19(25(4,5)11-10-24(18,2)3)13-20(15)27-22(30)21(29)26(23(27)31)14-16-6-8-17(28)9-7-16/h6-9,12-13,28H,10-11,14H2,1-5H3. The molecular formula is C25H28N2O3S. The Morgan fingerprint density at radius 1 is 0.935 bits per heavy atom. The molecule has 1 aliphatic heterocycles. The Bertz CT molecular complexity index is 1100.